The summed E-state index contributed by atoms with van der Waals surface area (Å²) < 4.78 is 0. The second kappa shape index (κ2) is 7.22. The third-order valence-electron chi connectivity index (χ3n) is 4.09. The highest BCUT2D eigenvalue weighted by Crippen LogP contribution is 2.22. The zero-order valence-corrected chi connectivity index (χ0v) is 13.5. The maximum Gasteiger partial charge on any atom is 0.292 e. The highest BCUT2D eigenvalue weighted by Gasteiger charge is 2.22. The molecule has 1 aromatic heterocycles. The van der Waals surface area contributed by atoms with Crippen molar-refractivity contribution in [2.45, 2.75) is 20.8 Å². The van der Waals surface area contributed by atoms with Crippen molar-refractivity contribution in [1.29, 1.82) is 0 Å². The number of hydrogen-bond donors (Lipinski definition) is 3. The Hall–Kier alpha value is -2.14. The number of carbonyl (C=O) groups is 2. The van der Waals surface area contributed by atoms with Crippen LogP contribution in [0.15, 0.2) is 24.3 Å². The van der Waals surface area contributed by atoms with Crippen LogP contribution in [0.2, 0.25) is 0 Å². The number of nitrogens with one attached hydrogen (secondary N) is 3. The second-order valence-corrected chi connectivity index (χ2v) is 5.46. The Morgan fingerprint density at radius 3 is 2.55 bits per heavy atom. The van der Waals surface area contributed by atoms with Gasteiger partial charge < -0.3 is 15.2 Å². The number of hydrogen-bond acceptors (Lipinski definition) is 2. The first-order chi connectivity index (χ1) is 10.6. The van der Waals surface area contributed by atoms with Gasteiger partial charge in [0.05, 0.1) is 31.7 Å². The largest absolute Gasteiger partial charge is 0.358 e. The van der Waals surface area contributed by atoms with E-state index in [0.717, 1.165) is 36.2 Å². The third kappa shape index (κ3) is 3.36. The Bertz CT molecular complexity index is 672. The summed E-state index contributed by atoms with van der Waals surface area (Å²) in [4.78, 5) is 29.1. The number of benzene rings is 1. The Kier molecular flexibility index (Phi) is 5.33. The number of amides is 1. The van der Waals surface area contributed by atoms with Gasteiger partial charge in [0.1, 0.15) is 0 Å². The Morgan fingerprint density at radius 2 is 1.86 bits per heavy atom. The minimum absolute atomic E-state index is 0.468. The quantitative estimate of drug-likeness (QED) is 0.521. The second-order valence-electron chi connectivity index (χ2n) is 5.46. The van der Waals surface area contributed by atoms with E-state index in [0.29, 0.717) is 12.1 Å². The highest BCUT2D eigenvalue weighted by atomic mass is 16.2. The number of rotatable bonds is 7. The van der Waals surface area contributed by atoms with Crippen molar-refractivity contribution in [2.24, 2.45) is 0 Å². The number of aromatic nitrogens is 1. The van der Waals surface area contributed by atoms with Crippen LogP contribution in [0.1, 0.15) is 29.9 Å². The van der Waals surface area contributed by atoms with Crippen LogP contribution in [0.4, 0.5) is 0 Å². The summed E-state index contributed by atoms with van der Waals surface area (Å²) in [5, 5.41) is 3.54. The lowest BCUT2D eigenvalue weighted by Gasteiger charge is -2.15. The number of aryl methyl sites for hydroxylation is 1. The van der Waals surface area contributed by atoms with E-state index in [1.807, 2.05) is 31.2 Å². The van der Waals surface area contributed by atoms with E-state index in [-0.39, 0.29) is 0 Å². The molecule has 0 radical (unpaired) electrons. The molecule has 118 valence electrons. The van der Waals surface area contributed by atoms with Gasteiger partial charge in [0.2, 0.25) is 0 Å². The number of H-pyrrole nitrogens is 1. The lowest BCUT2D eigenvalue weighted by Crippen LogP contribution is -3.12. The lowest BCUT2D eigenvalue weighted by atomic mass is 10.1. The van der Waals surface area contributed by atoms with Gasteiger partial charge >= 0.3 is 0 Å². The van der Waals surface area contributed by atoms with E-state index in [2.05, 4.69) is 24.1 Å². The average molecular weight is 302 g/mol. The summed E-state index contributed by atoms with van der Waals surface area (Å²) in [6, 6.07) is 7.54. The molecule has 22 heavy (non-hydrogen) atoms. The molecule has 5 nitrogen and oxygen atoms in total. The van der Waals surface area contributed by atoms with Crippen molar-refractivity contribution in [2.75, 3.05) is 26.2 Å². The predicted molar refractivity (Wildman–Crippen MR) is 87.3 cm³/mol. The number of Topliss-reactive ketones (excluding diaryl/α,β-unsaturated/α-hetero) is 1. The van der Waals surface area contributed by atoms with Crippen molar-refractivity contribution in [3.63, 3.8) is 0 Å². The van der Waals surface area contributed by atoms with Gasteiger partial charge in [0.25, 0.3) is 11.7 Å². The summed E-state index contributed by atoms with van der Waals surface area (Å²) in [7, 11) is 0. The predicted octanol–water partition coefficient (Wildman–Crippen LogP) is 0.700. The van der Waals surface area contributed by atoms with Crippen molar-refractivity contribution < 1.29 is 14.5 Å². The first-order valence-corrected chi connectivity index (χ1v) is 7.81. The van der Waals surface area contributed by atoms with E-state index in [1.54, 1.807) is 0 Å². The number of likely N-dealkylation sites (N-methyl/N-ethyl adjacent to an activating group) is 1. The number of aromatic amines is 1. The van der Waals surface area contributed by atoms with Gasteiger partial charge in [-0.05, 0) is 26.8 Å². The highest BCUT2D eigenvalue weighted by molar-refractivity contribution is 6.45. The van der Waals surface area contributed by atoms with Gasteiger partial charge in [-0.2, -0.15) is 0 Å². The summed E-state index contributed by atoms with van der Waals surface area (Å²) >= 11 is 0. The molecule has 5 heteroatoms. The van der Waals surface area contributed by atoms with Gasteiger partial charge in [-0.15, -0.1) is 0 Å². The zero-order chi connectivity index (χ0) is 16.1. The van der Waals surface area contributed by atoms with Crippen molar-refractivity contribution in [1.82, 2.24) is 10.3 Å². The first-order valence-electron chi connectivity index (χ1n) is 7.81. The van der Waals surface area contributed by atoms with Crippen LogP contribution in [0.3, 0.4) is 0 Å². The van der Waals surface area contributed by atoms with E-state index >= 15 is 0 Å². The van der Waals surface area contributed by atoms with Crippen LogP contribution >= 0.6 is 0 Å². The molecule has 0 bridgehead atoms. The zero-order valence-electron chi connectivity index (χ0n) is 13.5. The Balaban J connectivity index is 2.07. The van der Waals surface area contributed by atoms with Gasteiger partial charge in [-0.25, -0.2) is 0 Å². The summed E-state index contributed by atoms with van der Waals surface area (Å²) in [5.74, 6) is -0.996. The smallest absolute Gasteiger partial charge is 0.292 e. The van der Waals surface area contributed by atoms with Crippen molar-refractivity contribution in [3.05, 3.63) is 35.5 Å². The number of carbonyl (C=O) groups excluding carboxylic acids is 2. The summed E-state index contributed by atoms with van der Waals surface area (Å²) in [6.45, 7) is 9.43. The minimum Gasteiger partial charge on any atom is -0.358 e. The van der Waals surface area contributed by atoms with E-state index in [1.165, 1.54) is 4.90 Å². The van der Waals surface area contributed by atoms with Gasteiger partial charge in [-0.3, -0.25) is 9.59 Å². The monoisotopic (exact) mass is 302 g/mol. The van der Waals surface area contributed by atoms with Gasteiger partial charge in [-0.1, -0.05) is 18.2 Å². The van der Waals surface area contributed by atoms with Crippen LogP contribution in [0, 0.1) is 6.92 Å². The number of quaternary nitrogens is 1. The molecular weight excluding hydrogens is 278 g/mol. The molecule has 0 fully saturated rings. The maximum atomic E-state index is 12.4. The molecule has 2 aromatic rings. The molecule has 0 saturated carbocycles. The van der Waals surface area contributed by atoms with E-state index in [4.69, 9.17) is 0 Å². The molecule has 2 rings (SSSR count). The van der Waals surface area contributed by atoms with Crippen LogP contribution in [0.25, 0.3) is 10.9 Å². The molecule has 1 amide bonds. The fourth-order valence-electron chi connectivity index (χ4n) is 2.72. The first kappa shape index (κ1) is 16.2. The topological polar surface area (TPSA) is 66.4 Å². The molecule has 1 heterocycles. The van der Waals surface area contributed by atoms with Crippen LogP contribution in [0.5, 0.6) is 0 Å². The van der Waals surface area contributed by atoms with E-state index < -0.39 is 11.7 Å². The molecule has 0 unspecified atom stereocenters. The average Bonchev–Trinajstić information content (AvgIpc) is 2.86. The molecule has 0 aliphatic carbocycles. The van der Waals surface area contributed by atoms with E-state index in [9.17, 15) is 9.59 Å². The molecule has 1 aromatic carbocycles. The van der Waals surface area contributed by atoms with Gasteiger partial charge in [0.15, 0.2) is 0 Å². The summed E-state index contributed by atoms with van der Waals surface area (Å²) in [5.41, 5.74) is 2.09. The molecule has 3 N–H and O–H groups in total. The fraction of sp³-hybridized carbons (Fsp3) is 0.412. The Labute approximate surface area is 130 Å². The molecule has 0 atom stereocenters. The normalized spacial score (nSPS) is 11.1. The molecule has 0 saturated heterocycles. The minimum atomic E-state index is -0.528. The Morgan fingerprint density at radius 1 is 1.18 bits per heavy atom. The van der Waals surface area contributed by atoms with Crippen LogP contribution in [-0.2, 0) is 4.79 Å². The van der Waals surface area contributed by atoms with Crippen LogP contribution in [-0.4, -0.2) is 42.9 Å². The molecule has 0 aliphatic rings. The summed E-state index contributed by atoms with van der Waals surface area (Å²) in [6.07, 6.45) is 0. The van der Waals surface area contributed by atoms with Crippen molar-refractivity contribution >= 4 is 22.6 Å². The molecule has 0 aliphatic heterocycles. The molecular formula is C17H24N3O2+. The van der Waals surface area contributed by atoms with Crippen molar-refractivity contribution in [3.8, 4) is 0 Å². The van der Waals surface area contributed by atoms with Gasteiger partial charge in [0, 0.05) is 16.6 Å². The van der Waals surface area contributed by atoms with Crippen LogP contribution < -0.4 is 10.2 Å². The SMILES string of the molecule is CC[NH+](CC)CCNC(=O)C(=O)c1c(C)[nH]c2ccccc12. The standard InChI is InChI=1S/C17H23N3O2/c1-4-20(5-2)11-10-18-17(22)16(21)15-12(3)19-14-9-7-6-8-13(14)15/h6-9,19H,4-5,10-11H2,1-3H3,(H,18,22)/p+1. The maximum absolute atomic E-state index is 12.4. The molecule has 0 spiro atoms. The third-order valence-corrected chi connectivity index (χ3v) is 4.09. The lowest BCUT2D eigenvalue weighted by molar-refractivity contribution is -0.895. The number of ketones is 1. The number of fused-ring (bicyclic) bond motifs is 1. The number of para-hydroxylation sites is 1. The fourth-order valence-corrected chi connectivity index (χ4v) is 2.72.